The average Bonchev–Trinajstić information content (AvgIpc) is 2.88. The van der Waals surface area contributed by atoms with Crippen LogP contribution in [-0.4, -0.2) is 28.4 Å². The van der Waals surface area contributed by atoms with Gasteiger partial charge in [0, 0.05) is 18.2 Å². The predicted octanol–water partition coefficient (Wildman–Crippen LogP) is 1.68. The number of amides is 3. The molecule has 1 fully saturated rings. The number of para-hydroxylation sites is 1. The number of hydrogen-bond acceptors (Lipinski definition) is 5. The van der Waals surface area contributed by atoms with Crippen molar-refractivity contribution < 1.29 is 14.3 Å². The fraction of sp³-hybridized carbons (Fsp3) is 0.222. The first kappa shape index (κ1) is 15.1. The van der Waals surface area contributed by atoms with Crippen LogP contribution in [0.1, 0.15) is 23.2 Å². The number of benzene rings is 1. The molecule has 25 heavy (non-hydrogen) atoms. The lowest BCUT2D eigenvalue weighted by Gasteiger charge is -2.33. The van der Waals surface area contributed by atoms with Crippen LogP contribution < -0.4 is 10.1 Å². The highest BCUT2D eigenvalue weighted by atomic mass is 16.5. The molecule has 2 aromatic rings. The fourth-order valence-electron chi connectivity index (χ4n) is 3.26. The fourth-order valence-corrected chi connectivity index (χ4v) is 3.26. The summed E-state index contributed by atoms with van der Waals surface area (Å²) < 4.78 is 5.61. The number of nitrogens with zero attached hydrogens (tertiary/aromatic N) is 3. The minimum atomic E-state index is -1.08. The van der Waals surface area contributed by atoms with E-state index in [0.29, 0.717) is 35.6 Å². The van der Waals surface area contributed by atoms with Gasteiger partial charge in [-0.3, -0.25) is 14.7 Å². The van der Waals surface area contributed by atoms with E-state index in [0.717, 1.165) is 4.90 Å². The summed E-state index contributed by atoms with van der Waals surface area (Å²) in [6.45, 7) is 0.410. The van der Waals surface area contributed by atoms with Crippen LogP contribution in [0.3, 0.4) is 0 Å². The van der Waals surface area contributed by atoms with E-state index in [1.807, 2.05) is 18.2 Å². The summed E-state index contributed by atoms with van der Waals surface area (Å²) in [5.74, 6) is 0.306. The molecule has 7 heteroatoms. The summed E-state index contributed by atoms with van der Waals surface area (Å²) in [5, 5.41) is 11.7. The van der Waals surface area contributed by atoms with E-state index in [9.17, 15) is 9.59 Å². The first-order valence-corrected chi connectivity index (χ1v) is 7.85. The minimum Gasteiger partial charge on any atom is -0.493 e. The van der Waals surface area contributed by atoms with Gasteiger partial charge in [-0.2, -0.15) is 5.26 Å². The van der Waals surface area contributed by atoms with Crippen molar-refractivity contribution >= 4 is 11.9 Å². The first-order chi connectivity index (χ1) is 12.1. The van der Waals surface area contributed by atoms with Gasteiger partial charge >= 0.3 is 6.03 Å². The van der Waals surface area contributed by atoms with E-state index in [1.165, 1.54) is 6.20 Å². The number of carbonyl (C=O) groups is 2. The van der Waals surface area contributed by atoms with Crippen LogP contribution in [0.2, 0.25) is 0 Å². The lowest BCUT2D eigenvalue weighted by Crippen LogP contribution is -2.47. The molecule has 4 rings (SSSR count). The SMILES string of the molecule is N#Cc1ccc(CN2C(=O)NC3(CCOc4ccccc43)C2=O)nc1. The van der Waals surface area contributed by atoms with Crippen molar-refractivity contribution in [2.45, 2.75) is 18.5 Å². The van der Waals surface area contributed by atoms with Gasteiger partial charge in [0.25, 0.3) is 5.91 Å². The Hall–Kier alpha value is -3.40. The van der Waals surface area contributed by atoms with Crippen molar-refractivity contribution in [3.05, 3.63) is 59.4 Å². The molecule has 1 atom stereocenters. The molecule has 0 saturated carbocycles. The van der Waals surface area contributed by atoms with Crippen molar-refractivity contribution in [3.8, 4) is 11.8 Å². The second-order valence-corrected chi connectivity index (χ2v) is 5.97. The number of nitrogens with one attached hydrogen (secondary N) is 1. The van der Waals surface area contributed by atoms with Gasteiger partial charge in [0.15, 0.2) is 5.54 Å². The van der Waals surface area contributed by atoms with Crippen LogP contribution >= 0.6 is 0 Å². The van der Waals surface area contributed by atoms with Gasteiger partial charge in [-0.1, -0.05) is 18.2 Å². The summed E-state index contributed by atoms with van der Waals surface area (Å²) in [6.07, 6.45) is 1.80. The zero-order valence-electron chi connectivity index (χ0n) is 13.2. The second-order valence-electron chi connectivity index (χ2n) is 5.97. The Morgan fingerprint density at radius 3 is 2.88 bits per heavy atom. The molecule has 3 amide bonds. The number of fused-ring (bicyclic) bond motifs is 2. The van der Waals surface area contributed by atoms with Crippen molar-refractivity contribution in [1.29, 1.82) is 5.26 Å². The molecule has 1 N–H and O–H groups in total. The number of imide groups is 1. The Labute approximate surface area is 143 Å². The molecule has 7 nitrogen and oxygen atoms in total. The quantitative estimate of drug-likeness (QED) is 0.843. The number of hydrogen-bond donors (Lipinski definition) is 1. The molecule has 1 aromatic heterocycles. The van der Waals surface area contributed by atoms with Gasteiger partial charge in [-0.15, -0.1) is 0 Å². The summed E-state index contributed by atoms with van der Waals surface area (Å²) in [4.78, 5) is 30.9. The van der Waals surface area contributed by atoms with Crippen molar-refractivity contribution in [2.75, 3.05) is 6.61 Å². The van der Waals surface area contributed by atoms with E-state index in [2.05, 4.69) is 10.3 Å². The van der Waals surface area contributed by atoms with E-state index in [-0.39, 0.29) is 12.5 Å². The van der Waals surface area contributed by atoms with Crippen LogP contribution in [0, 0.1) is 11.3 Å². The van der Waals surface area contributed by atoms with Crippen LogP contribution in [0.25, 0.3) is 0 Å². The molecular formula is C18H14N4O3. The Morgan fingerprint density at radius 1 is 1.28 bits per heavy atom. The predicted molar refractivity (Wildman–Crippen MR) is 86.3 cm³/mol. The zero-order chi connectivity index (χ0) is 17.4. The smallest absolute Gasteiger partial charge is 0.325 e. The standard InChI is InChI=1S/C18H14N4O3/c19-9-12-5-6-13(20-10-12)11-22-16(23)18(21-17(22)24)7-8-25-15-4-2-1-3-14(15)18/h1-6,10H,7-8,11H2,(H,21,24). The Bertz CT molecular complexity index is 903. The molecule has 1 spiro atoms. The Kier molecular flexibility index (Phi) is 3.39. The summed E-state index contributed by atoms with van der Waals surface area (Å²) in [6, 6.07) is 12.0. The number of carbonyl (C=O) groups excluding carboxylic acids is 2. The van der Waals surface area contributed by atoms with Crippen LogP contribution in [0.4, 0.5) is 4.79 Å². The number of aromatic nitrogens is 1. The topological polar surface area (TPSA) is 95.3 Å². The number of pyridine rings is 1. The van der Waals surface area contributed by atoms with Crippen molar-refractivity contribution in [1.82, 2.24) is 15.2 Å². The molecule has 2 aliphatic rings. The monoisotopic (exact) mass is 334 g/mol. The van der Waals surface area contributed by atoms with Gasteiger partial charge in [0.05, 0.1) is 24.4 Å². The molecule has 0 aliphatic carbocycles. The number of urea groups is 1. The van der Waals surface area contributed by atoms with E-state index in [1.54, 1.807) is 24.3 Å². The molecule has 1 aromatic carbocycles. The minimum absolute atomic E-state index is 0.0567. The van der Waals surface area contributed by atoms with Crippen LogP contribution in [0.15, 0.2) is 42.6 Å². The lowest BCUT2D eigenvalue weighted by atomic mass is 9.84. The highest BCUT2D eigenvalue weighted by Gasteiger charge is 2.54. The highest BCUT2D eigenvalue weighted by molar-refractivity contribution is 6.07. The third-order valence-corrected chi connectivity index (χ3v) is 4.53. The Morgan fingerprint density at radius 2 is 2.12 bits per heavy atom. The second kappa shape index (κ2) is 5.60. The molecule has 1 unspecified atom stereocenters. The third-order valence-electron chi connectivity index (χ3n) is 4.53. The molecule has 0 bridgehead atoms. The van der Waals surface area contributed by atoms with Gasteiger partial charge < -0.3 is 10.1 Å². The molecule has 3 heterocycles. The van der Waals surface area contributed by atoms with Crippen LogP contribution in [0.5, 0.6) is 5.75 Å². The van der Waals surface area contributed by atoms with Gasteiger partial charge in [-0.25, -0.2) is 4.79 Å². The molecule has 2 aliphatic heterocycles. The van der Waals surface area contributed by atoms with Gasteiger partial charge in [0.1, 0.15) is 11.8 Å². The third kappa shape index (κ3) is 2.31. The maximum Gasteiger partial charge on any atom is 0.325 e. The largest absolute Gasteiger partial charge is 0.493 e. The molecule has 124 valence electrons. The van der Waals surface area contributed by atoms with Gasteiger partial charge in [-0.05, 0) is 18.2 Å². The zero-order valence-corrected chi connectivity index (χ0v) is 13.2. The van der Waals surface area contributed by atoms with E-state index < -0.39 is 11.6 Å². The molecule has 0 radical (unpaired) electrons. The Balaban J connectivity index is 1.66. The van der Waals surface area contributed by atoms with Gasteiger partial charge in [0.2, 0.25) is 0 Å². The number of rotatable bonds is 2. The van der Waals surface area contributed by atoms with E-state index >= 15 is 0 Å². The first-order valence-electron chi connectivity index (χ1n) is 7.85. The number of nitriles is 1. The highest BCUT2D eigenvalue weighted by Crippen LogP contribution is 2.41. The van der Waals surface area contributed by atoms with E-state index in [4.69, 9.17) is 10.00 Å². The summed E-state index contributed by atoms with van der Waals surface area (Å²) in [5.41, 5.74) is 0.559. The maximum atomic E-state index is 13.1. The summed E-state index contributed by atoms with van der Waals surface area (Å²) >= 11 is 0. The normalized spacial score (nSPS) is 21.5. The molecular weight excluding hydrogens is 320 g/mol. The summed E-state index contributed by atoms with van der Waals surface area (Å²) in [7, 11) is 0. The average molecular weight is 334 g/mol. The maximum absolute atomic E-state index is 13.1. The van der Waals surface area contributed by atoms with Crippen molar-refractivity contribution in [2.24, 2.45) is 0 Å². The molecule has 1 saturated heterocycles. The van der Waals surface area contributed by atoms with Crippen molar-refractivity contribution in [3.63, 3.8) is 0 Å². The lowest BCUT2D eigenvalue weighted by molar-refractivity contribution is -0.133. The number of ether oxygens (including phenoxy) is 1. The van der Waals surface area contributed by atoms with Crippen LogP contribution in [-0.2, 0) is 16.9 Å².